The summed E-state index contributed by atoms with van der Waals surface area (Å²) in [5, 5.41) is 2.85. The highest BCUT2D eigenvalue weighted by Gasteiger charge is 2.30. The zero-order valence-electron chi connectivity index (χ0n) is 18.1. The van der Waals surface area contributed by atoms with Crippen molar-refractivity contribution >= 4 is 17.6 Å². The highest BCUT2D eigenvalue weighted by atomic mass is 19.4. The molecule has 0 unspecified atom stereocenters. The van der Waals surface area contributed by atoms with E-state index in [1.54, 1.807) is 13.1 Å². The number of alkyl halides is 3. The van der Waals surface area contributed by atoms with E-state index < -0.39 is 11.7 Å². The van der Waals surface area contributed by atoms with Gasteiger partial charge in [0.15, 0.2) is 0 Å². The number of nitrogens with zero attached hydrogens (tertiary/aromatic N) is 6. The van der Waals surface area contributed by atoms with Gasteiger partial charge < -0.3 is 15.0 Å². The SMILES string of the molecule is CCOc1nc(Nc2cccc(C(F)(F)F)c2)nc(N2CCN(Cc3ccccn3)CC2)n1. The van der Waals surface area contributed by atoms with Crippen LogP contribution in [0.25, 0.3) is 0 Å². The topological polar surface area (TPSA) is 79.3 Å². The van der Waals surface area contributed by atoms with Gasteiger partial charge in [-0.1, -0.05) is 12.1 Å². The number of pyridine rings is 1. The molecule has 33 heavy (non-hydrogen) atoms. The normalized spacial score (nSPS) is 14.8. The molecule has 3 heterocycles. The van der Waals surface area contributed by atoms with E-state index in [0.29, 0.717) is 25.6 Å². The molecule has 3 aromatic rings. The number of hydrogen-bond donors (Lipinski definition) is 1. The minimum Gasteiger partial charge on any atom is -0.464 e. The standard InChI is InChI=1S/C22H24F3N7O/c1-2-33-21-29-19(27-17-8-5-6-16(14-17)22(23,24)25)28-20(30-21)32-12-10-31(11-13-32)15-18-7-3-4-9-26-18/h3-9,14H,2,10-13,15H2,1H3,(H,27,28,29,30). The Morgan fingerprint density at radius 2 is 1.82 bits per heavy atom. The van der Waals surface area contributed by atoms with Gasteiger partial charge in [0.2, 0.25) is 11.9 Å². The zero-order valence-corrected chi connectivity index (χ0v) is 18.1. The van der Waals surface area contributed by atoms with E-state index in [1.807, 2.05) is 23.1 Å². The number of nitrogens with one attached hydrogen (secondary N) is 1. The molecular weight excluding hydrogens is 435 g/mol. The van der Waals surface area contributed by atoms with Crippen LogP contribution in [-0.4, -0.2) is 57.6 Å². The number of aromatic nitrogens is 4. The Balaban J connectivity index is 1.48. The molecule has 0 amide bonds. The third-order valence-electron chi connectivity index (χ3n) is 5.09. The third-order valence-corrected chi connectivity index (χ3v) is 5.09. The molecule has 1 fully saturated rings. The van der Waals surface area contributed by atoms with Gasteiger partial charge in [-0.05, 0) is 37.3 Å². The van der Waals surface area contributed by atoms with Gasteiger partial charge in [-0.25, -0.2) is 0 Å². The molecule has 174 valence electrons. The number of rotatable bonds is 7. The lowest BCUT2D eigenvalue weighted by Crippen LogP contribution is -2.46. The molecule has 8 nitrogen and oxygen atoms in total. The molecule has 0 aliphatic carbocycles. The van der Waals surface area contributed by atoms with Crippen molar-refractivity contribution < 1.29 is 17.9 Å². The van der Waals surface area contributed by atoms with Crippen LogP contribution in [0, 0.1) is 0 Å². The summed E-state index contributed by atoms with van der Waals surface area (Å²) in [6.45, 7) is 5.88. The van der Waals surface area contributed by atoms with Crippen LogP contribution >= 0.6 is 0 Å². The fourth-order valence-electron chi connectivity index (χ4n) is 3.47. The molecule has 4 rings (SSSR count). The first kappa shape index (κ1) is 22.7. The van der Waals surface area contributed by atoms with Crippen LogP contribution in [0.5, 0.6) is 6.01 Å². The average Bonchev–Trinajstić information content (AvgIpc) is 2.80. The van der Waals surface area contributed by atoms with Gasteiger partial charge in [0, 0.05) is 44.6 Å². The smallest absolute Gasteiger partial charge is 0.416 e. The van der Waals surface area contributed by atoms with Crippen LogP contribution in [-0.2, 0) is 12.7 Å². The van der Waals surface area contributed by atoms with E-state index in [-0.39, 0.29) is 17.6 Å². The van der Waals surface area contributed by atoms with Crippen LogP contribution in [0.4, 0.5) is 30.8 Å². The molecule has 1 aliphatic heterocycles. The summed E-state index contributed by atoms with van der Waals surface area (Å²) in [4.78, 5) is 21.7. The lowest BCUT2D eigenvalue weighted by atomic mass is 10.2. The predicted molar refractivity (Wildman–Crippen MR) is 117 cm³/mol. The Hall–Kier alpha value is -3.47. The van der Waals surface area contributed by atoms with Crippen molar-refractivity contribution in [2.45, 2.75) is 19.6 Å². The minimum atomic E-state index is -4.44. The highest BCUT2D eigenvalue weighted by molar-refractivity contribution is 5.56. The maximum absolute atomic E-state index is 13.0. The number of halogens is 3. The molecule has 11 heteroatoms. The van der Waals surface area contributed by atoms with Crippen molar-refractivity contribution in [3.8, 4) is 6.01 Å². The van der Waals surface area contributed by atoms with E-state index in [9.17, 15) is 13.2 Å². The number of anilines is 3. The van der Waals surface area contributed by atoms with Crippen LogP contribution < -0.4 is 15.0 Å². The molecule has 1 aliphatic rings. The van der Waals surface area contributed by atoms with Gasteiger partial charge in [-0.3, -0.25) is 9.88 Å². The summed E-state index contributed by atoms with van der Waals surface area (Å²) in [6.07, 6.45) is -2.65. The first-order valence-electron chi connectivity index (χ1n) is 10.6. The van der Waals surface area contributed by atoms with E-state index in [4.69, 9.17) is 4.74 Å². The van der Waals surface area contributed by atoms with Crippen molar-refractivity contribution in [3.63, 3.8) is 0 Å². The van der Waals surface area contributed by atoms with Crippen molar-refractivity contribution in [1.29, 1.82) is 0 Å². The van der Waals surface area contributed by atoms with Gasteiger partial charge in [-0.15, -0.1) is 0 Å². The molecule has 1 aromatic carbocycles. The third kappa shape index (κ3) is 6.07. The Morgan fingerprint density at radius 3 is 2.52 bits per heavy atom. The second-order valence-corrected chi connectivity index (χ2v) is 7.46. The summed E-state index contributed by atoms with van der Waals surface area (Å²) >= 11 is 0. The van der Waals surface area contributed by atoms with Gasteiger partial charge >= 0.3 is 12.2 Å². The lowest BCUT2D eigenvalue weighted by molar-refractivity contribution is -0.137. The van der Waals surface area contributed by atoms with Gasteiger partial charge in [0.25, 0.3) is 0 Å². The summed E-state index contributed by atoms with van der Waals surface area (Å²) < 4.78 is 44.6. The number of benzene rings is 1. The first-order chi connectivity index (χ1) is 15.9. The fraction of sp³-hybridized carbons (Fsp3) is 0.364. The fourth-order valence-corrected chi connectivity index (χ4v) is 3.47. The Bertz CT molecular complexity index is 1060. The van der Waals surface area contributed by atoms with Crippen molar-refractivity contribution in [1.82, 2.24) is 24.8 Å². The second kappa shape index (κ2) is 9.99. The van der Waals surface area contributed by atoms with E-state index in [1.165, 1.54) is 12.1 Å². The van der Waals surface area contributed by atoms with Crippen LogP contribution in [0.2, 0.25) is 0 Å². The molecule has 0 spiro atoms. The zero-order chi connectivity index (χ0) is 23.3. The summed E-state index contributed by atoms with van der Waals surface area (Å²) in [6, 6.07) is 10.9. The molecule has 0 bridgehead atoms. The van der Waals surface area contributed by atoms with Crippen molar-refractivity contribution in [3.05, 3.63) is 59.9 Å². The molecular formula is C22H24F3N7O. The molecule has 0 atom stereocenters. The minimum absolute atomic E-state index is 0.118. The Morgan fingerprint density at radius 1 is 1.00 bits per heavy atom. The van der Waals surface area contributed by atoms with Gasteiger partial charge in [-0.2, -0.15) is 28.1 Å². The summed E-state index contributed by atoms with van der Waals surface area (Å²) in [5.41, 5.74) is 0.484. The quantitative estimate of drug-likeness (QED) is 0.572. The molecule has 0 saturated carbocycles. The number of ether oxygens (including phenoxy) is 1. The molecule has 2 aromatic heterocycles. The predicted octanol–water partition coefficient (Wildman–Crippen LogP) is 3.75. The maximum Gasteiger partial charge on any atom is 0.416 e. The van der Waals surface area contributed by atoms with Crippen LogP contribution in [0.1, 0.15) is 18.2 Å². The summed E-state index contributed by atoms with van der Waals surface area (Å²) in [7, 11) is 0. The van der Waals surface area contributed by atoms with Gasteiger partial charge in [0.1, 0.15) is 0 Å². The maximum atomic E-state index is 13.0. The largest absolute Gasteiger partial charge is 0.464 e. The number of hydrogen-bond acceptors (Lipinski definition) is 8. The van der Waals surface area contributed by atoms with Crippen molar-refractivity contribution in [2.75, 3.05) is 43.0 Å². The summed E-state index contributed by atoms with van der Waals surface area (Å²) in [5.74, 6) is 0.541. The lowest BCUT2D eigenvalue weighted by Gasteiger charge is -2.34. The Kier molecular flexibility index (Phi) is 6.87. The van der Waals surface area contributed by atoms with Crippen molar-refractivity contribution in [2.24, 2.45) is 0 Å². The van der Waals surface area contributed by atoms with E-state index in [0.717, 1.165) is 37.5 Å². The van der Waals surface area contributed by atoms with E-state index >= 15 is 0 Å². The molecule has 1 N–H and O–H groups in total. The highest BCUT2D eigenvalue weighted by Crippen LogP contribution is 2.31. The van der Waals surface area contributed by atoms with Crippen LogP contribution in [0.3, 0.4) is 0 Å². The monoisotopic (exact) mass is 459 g/mol. The van der Waals surface area contributed by atoms with Crippen LogP contribution in [0.15, 0.2) is 48.7 Å². The average molecular weight is 459 g/mol. The second-order valence-electron chi connectivity index (χ2n) is 7.46. The molecule has 0 radical (unpaired) electrons. The molecule has 1 saturated heterocycles. The number of piperazine rings is 1. The van der Waals surface area contributed by atoms with E-state index in [2.05, 4.69) is 30.2 Å². The Labute approximate surface area is 189 Å². The first-order valence-corrected chi connectivity index (χ1v) is 10.6. The van der Waals surface area contributed by atoms with Gasteiger partial charge in [0.05, 0.1) is 17.9 Å².